The number of hydrogen-bond donors (Lipinski definition) is 0. The third-order valence-electron chi connectivity index (χ3n) is 6.67. The zero-order valence-corrected chi connectivity index (χ0v) is 18.0. The van der Waals surface area contributed by atoms with E-state index >= 15 is 0 Å². The van der Waals surface area contributed by atoms with Crippen LogP contribution in [0.2, 0.25) is 0 Å². The van der Waals surface area contributed by atoms with Crippen molar-refractivity contribution in [3.8, 4) is 0 Å². The number of benzene rings is 2. The number of anilines is 1. The fraction of sp³-hybridized carbons (Fsp3) is 0.458. The molecule has 6 heteroatoms. The van der Waals surface area contributed by atoms with E-state index in [0.29, 0.717) is 5.91 Å². The van der Waals surface area contributed by atoms with Crippen LogP contribution in [0.3, 0.4) is 0 Å². The molecule has 2 aromatic rings. The van der Waals surface area contributed by atoms with E-state index in [-0.39, 0.29) is 17.8 Å². The summed E-state index contributed by atoms with van der Waals surface area (Å²) in [7, 11) is 0. The molecule has 1 amide bonds. The van der Waals surface area contributed by atoms with Gasteiger partial charge in [-0.05, 0) is 35.7 Å². The highest BCUT2D eigenvalue weighted by atomic mass is 32.2. The summed E-state index contributed by atoms with van der Waals surface area (Å²) in [5, 5.41) is 0. The molecule has 3 aliphatic rings. The molecule has 0 saturated carbocycles. The van der Waals surface area contributed by atoms with Crippen molar-refractivity contribution in [2.75, 3.05) is 49.1 Å². The number of piperazine rings is 1. The van der Waals surface area contributed by atoms with Crippen molar-refractivity contribution in [2.45, 2.75) is 19.0 Å². The van der Waals surface area contributed by atoms with Crippen molar-refractivity contribution in [2.24, 2.45) is 5.92 Å². The van der Waals surface area contributed by atoms with Gasteiger partial charge in [0.1, 0.15) is 5.82 Å². The number of thioether (sulfide) groups is 1. The molecule has 0 radical (unpaired) electrons. The summed E-state index contributed by atoms with van der Waals surface area (Å²) in [5.41, 5.74) is 3.71. The topological polar surface area (TPSA) is 26.8 Å². The molecule has 5 rings (SSSR count). The second kappa shape index (κ2) is 8.60. The maximum absolute atomic E-state index is 13.6. The smallest absolute Gasteiger partial charge is 0.228 e. The Kier molecular flexibility index (Phi) is 5.70. The summed E-state index contributed by atoms with van der Waals surface area (Å²) < 4.78 is 13.3. The van der Waals surface area contributed by atoms with Crippen LogP contribution in [0.4, 0.5) is 10.1 Å². The number of halogens is 1. The van der Waals surface area contributed by atoms with Gasteiger partial charge in [0.25, 0.3) is 0 Å². The normalized spacial score (nSPS) is 24.3. The molecule has 0 N–H and O–H groups in total. The van der Waals surface area contributed by atoms with Gasteiger partial charge in [-0.1, -0.05) is 30.3 Å². The lowest BCUT2D eigenvalue weighted by Gasteiger charge is -2.50. The maximum atomic E-state index is 13.6. The van der Waals surface area contributed by atoms with Crippen molar-refractivity contribution in [1.82, 2.24) is 9.80 Å². The second-order valence-corrected chi connectivity index (χ2v) is 9.72. The number of rotatable bonds is 3. The van der Waals surface area contributed by atoms with Crippen molar-refractivity contribution < 1.29 is 9.18 Å². The van der Waals surface area contributed by atoms with E-state index in [2.05, 4.69) is 39.0 Å². The van der Waals surface area contributed by atoms with Gasteiger partial charge >= 0.3 is 0 Å². The Balaban J connectivity index is 1.39. The van der Waals surface area contributed by atoms with Gasteiger partial charge in [-0.25, -0.2) is 4.39 Å². The van der Waals surface area contributed by atoms with Gasteiger partial charge in [-0.2, -0.15) is 11.8 Å². The van der Waals surface area contributed by atoms with Gasteiger partial charge in [0.15, 0.2) is 0 Å². The highest BCUT2D eigenvalue weighted by Crippen LogP contribution is 2.37. The first-order chi connectivity index (χ1) is 14.7. The molecular formula is C24H28FN3OS. The average Bonchev–Trinajstić information content (AvgIpc) is 2.80. The standard InChI is InChI=1S/C24H28FN3OS/c25-20-7-5-18(6-8-20)16-26-9-10-28-22-4-2-1-3-19(22)15-21(23(28)17-26)24(29)27-11-13-30-14-12-27/h1-8,21,23H,9-17H2. The molecule has 2 fully saturated rings. The van der Waals surface area contributed by atoms with E-state index in [1.54, 1.807) is 0 Å². The van der Waals surface area contributed by atoms with Gasteiger partial charge in [-0.15, -0.1) is 0 Å². The first kappa shape index (κ1) is 19.9. The number of carbonyl (C=O) groups is 1. The summed E-state index contributed by atoms with van der Waals surface area (Å²) in [5.74, 6) is 2.21. The number of hydrogen-bond acceptors (Lipinski definition) is 4. The van der Waals surface area contributed by atoms with Crippen molar-refractivity contribution in [1.29, 1.82) is 0 Å². The summed E-state index contributed by atoms with van der Waals surface area (Å²) in [6, 6.07) is 15.6. The van der Waals surface area contributed by atoms with Crippen LogP contribution in [0.15, 0.2) is 48.5 Å². The van der Waals surface area contributed by atoms with E-state index < -0.39 is 0 Å². The molecule has 158 valence electrons. The molecule has 0 bridgehead atoms. The molecular weight excluding hydrogens is 397 g/mol. The minimum atomic E-state index is -0.196. The van der Waals surface area contributed by atoms with Gasteiger partial charge in [0, 0.05) is 56.5 Å². The Morgan fingerprint density at radius 2 is 1.77 bits per heavy atom. The van der Waals surface area contributed by atoms with E-state index in [4.69, 9.17) is 0 Å². The molecule has 2 saturated heterocycles. The Morgan fingerprint density at radius 1 is 1.00 bits per heavy atom. The maximum Gasteiger partial charge on any atom is 0.228 e. The van der Waals surface area contributed by atoms with Crippen LogP contribution < -0.4 is 4.90 Å². The van der Waals surface area contributed by atoms with E-state index in [9.17, 15) is 9.18 Å². The Labute approximate surface area is 182 Å². The van der Waals surface area contributed by atoms with Crippen molar-refractivity contribution >= 4 is 23.4 Å². The number of nitrogens with zero attached hydrogens (tertiary/aromatic N) is 3. The van der Waals surface area contributed by atoms with E-state index in [0.717, 1.165) is 62.8 Å². The highest BCUT2D eigenvalue weighted by molar-refractivity contribution is 7.99. The van der Waals surface area contributed by atoms with Crippen LogP contribution in [0.5, 0.6) is 0 Å². The summed E-state index contributed by atoms with van der Waals surface area (Å²) in [6.45, 7) is 5.27. The molecule has 4 nitrogen and oxygen atoms in total. The molecule has 30 heavy (non-hydrogen) atoms. The predicted molar refractivity (Wildman–Crippen MR) is 120 cm³/mol. The largest absolute Gasteiger partial charge is 0.365 e. The molecule has 2 atom stereocenters. The summed E-state index contributed by atoms with van der Waals surface area (Å²) in [4.78, 5) is 20.5. The fourth-order valence-corrected chi connectivity index (χ4v) is 6.01. The van der Waals surface area contributed by atoms with Crippen LogP contribution in [-0.2, 0) is 17.8 Å². The van der Waals surface area contributed by atoms with Crippen LogP contribution >= 0.6 is 11.8 Å². The zero-order chi connectivity index (χ0) is 20.5. The molecule has 2 aromatic carbocycles. The molecule has 0 spiro atoms. The summed E-state index contributed by atoms with van der Waals surface area (Å²) in [6.07, 6.45) is 0.824. The van der Waals surface area contributed by atoms with Crippen molar-refractivity contribution in [3.63, 3.8) is 0 Å². The first-order valence-electron chi connectivity index (χ1n) is 10.9. The SMILES string of the molecule is O=C(C1Cc2ccccc2N2CCN(Cc3ccc(F)cc3)CC12)N1CCSCC1. The lowest BCUT2D eigenvalue weighted by molar-refractivity contribution is -0.136. The Bertz CT molecular complexity index is 900. The third kappa shape index (κ3) is 3.95. The number of amides is 1. The lowest BCUT2D eigenvalue weighted by Crippen LogP contribution is -2.61. The number of carbonyl (C=O) groups excluding carboxylic acids is 1. The molecule has 2 unspecified atom stereocenters. The first-order valence-corrected chi connectivity index (χ1v) is 12.0. The summed E-state index contributed by atoms with van der Waals surface area (Å²) >= 11 is 1.94. The Hall–Kier alpha value is -2.05. The molecule has 0 aromatic heterocycles. The van der Waals surface area contributed by atoms with Crippen molar-refractivity contribution in [3.05, 3.63) is 65.5 Å². The molecule has 0 aliphatic carbocycles. The highest BCUT2D eigenvalue weighted by Gasteiger charge is 2.42. The minimum absolute atomic E-state index is 0.000909. The lowest BCUT2D eigenvalue weighted by atomic mass is 9.83. The van der Waals surface area contributed by atoms with E-state index in [1.165, 1.54) is 23.4 Å². The van der Waals surface area contributed by atoms with Gasteiger partial charge in [-0.3, -0.25) is 9.69 Å². The van der Waals surface area contributed by atoms with Gasteiger partial charge in [0.2, 0.25) is 5.91 Å². The number of para-hydroxylation sites is 1. The van der Waals surface area contributed by atoms with Gasteiger partial charge < -0.3 is 9.80 Å². The van der Waals surface area contributed by atoms with E-state index in [1.807, 2.05) is 23.9 Å². The molecule has 3 aliphatic heterocycles. The number of fused-ring (bicyclic) bond motifs is 3. The van der Waals surface area contributed by atoms with Crippen LogP contribution in [0.1, 0.15) is 11.1 Å². The fourth-order valence-electron chi connectivity index (χ4n) is 5.11. The monoisotopic (exact) mass is 425 g/mol. The predicted octanol–water partition coefficient (Wildman–Crippen LogP) is 3.26. The zero-order valence-electron chi connectivity index (χ0n) is 17.2. The van der Waals surface area contributed by atoms with Crippen LogP contribution in [0.25, 0.3) is 0 Å². The van der Waals surface area contributed by atoms with Crippen LogP contribution in [0, 0.1) is 11.7 Å². The minimum Gasteiger partial charge on any atom is -0.365 e. The Morgan fingerprint density at radius 3 is 2.57 bits per heavy atom. The second-order valence-electron chi connectivity index (χ2n) is 8.50. The van der Waals surface area contributed by atoms with Crippen LogP contribution in [-0.4, -0.2) is 66.0 Å². The molecule has 3 heterocycles. The quantitative estimate of drug-likeness (QED) is 0.754. The average molecular weight is 426 g/mol. The van der Waals surface area contributed by atoms with Gasteiger partial charge in [0.05, 0.1) is 12.0 Å². The third-order valence-corrected chi connectivity index (χ3v) is 7.61.